The van der Waals surface area contributed by atoms with E-state index in [4.69, 9.17) is 16.6 Å². The fourth-order valence-corrected chi connectivity index (χ4v) is 4.44. The normalized spacial score (nSPS) is 17.7. The van der Waals surface area contributed by atoms with E-state index in [1.54, 1.807) is 28.4 Å². The van der Waals surface area contributed by atoms with Gasteiger partial charge in [0.15, 0.2) is 0 Å². The van der Waals surface area contributed by atoms with Crippen LogP contribution in [0.1, 0.15) is 30.3 Å². The minimum atomic E-state index is 0.108. The van der Waals surface area contributed by atoms with Gasteiger partial charge in [0.25, 0.3) is 0 Å². The van der Waals surface area contributed by atoms with Crippen LogP contribution >= 0.6 is 22.9 Å². The number of halogens is 1. The Labute approximate surface area is 148 Å². The summed E-state index contributed by atoms with van der Waals surface area (Å²) in [5.74, 6) is 0.156. The summed E-state index contributed by atoms with van der Waals surface area (Å²) in [6, 6.07) is 8.24. The average molecular weight is 361 g/mol. The number of thiazole rings is 1. The first-order chi connectivity index (χ1) is 11.7. The molecule has 4 rings (SSSR count). The number of aromatic nitrogens is 3. The van der Waals surface area contributed by atoms with Crippen LogP contribution < -0.4 is 0 Å². The van der Waals surface area contributed by atoms with Gasteiger partial charge in [0.2, 0.25) is 5.91 Å². The fraction of sp³-hybridized carbons (Fsp3) is 0.353. The lowest BCUT2D eigenvalue weighted by atomic mass is 10.2. The highest BCUT2D eigenvalue weighted by atomic mass is 35.5. The topological polar surface area (TPSA) is 51.0 Å². The number of hydrogen-bond acceptors (Lipinski definition) is 4. The molecule has 0 radical (unpaired) electrons. The van der Waals surface area contributed by atoms with E-state index in [1.165, 1.54) is 4.70 Å². The zero-order valence-corrected chi connectivity index (χ0v) is 14.6. The largest absolute Gasteiger partial charge is 0.333 e. The molecule has 1 aliphatic rings. The summed E-state index contributed by atoms with van der Waals surface area (Å²) in [5, 5.41) is 5.76. The van der Waals surface area contributed by atoms with Crippen molar-refractivity contribution >= 4 is 39.1 Å². The Kier molecular flexibility index (Phi) is 4.24. The summed E-state index contributed by atoms with van der Waals surface area (Å²) in [4.78, 5) is 19.4. The van der Waals surface area contributed by atoms with E-state index < -0.39 is 0 Å². The van der Waals surface area contributed by atoms with Crippen molar-refractivity contribution in [3.05, 3.63) is 46.7 Å². The van der Waals surface area contributed by atoms with E-state index in [2.05, 4.69) is 11.2 Å². The Morgan fingerprint density at radius 3 is 3.04 bits per heavy atom. The highest BCUT2D eigenvalue weighted by Gasteiger charge is 2.31. The van der Waals surface area contributed by atoms with Crippen molar-refractivity contribution in [2.45, 2.75) is 31.8 Å². The van der Waals surface area contributed by atoms with Crippen LogP contribution in [0.15, 0.2) is 36.7 Å². The van der Waals surface area contributed by atoms with Gasteiger partial charge in [-0.15, -0.1) is 11.3 Å². The number of hydrogen-bond donors (Lipinski definition) is 0. The van der Waals surface area contributed by atoms with Crippen molar-refractivity contribution in [2.75, 3.05) is 6.54 Å². The number of benzene rings is 1. The number of rotatable bonds is 4. The molecule has 124 valence electrons. The SMILES string of the molecule is O=C(CCn1cc(Cl)cn1)N1CCC[C@H]1c1nc2ccccc2s1. The zero-order chi connectivity index (χ0) is 16.5. The first kappa shape index (κ1) is 15.6. The molecule has 3 aromatic rings. The molecule has 0 aliphatic carbocycles. The predicted molar refractivity (Wildman–Crippen MR) is 95.2 cm³/mol. The van der Waals surface area contributed by atoms with Gasteiger partial charge >= 0.3 is 0 Å². The van der Waals surface area contributed by atoms with E-state index >= 15 is 0 Å². The molecule has 0 saturated carbocycles. The van der Waals surface area contributed by atoms with Crippen molar-refractivity contribution in [2.24, 2.45) is 0 Å². The lowest BCUT2D eigenvalue weighted by Crippen LogP contribution is -2.31. The Bertz CT molecular complexity index is 841. The summed E-state index contributed by atoms with van der Waals surface area (Å²) in [6.45, 7) is 1.36. The molecular weight excluding hydrogens is 344 g/mol. The fourth-order valence-electron chi connectivity index (χ4n) is 3.17. The van der Waals surface area contributed by atoms with Crippen molar-refractivity contribution in [3.63, 3.8) is 0 Å². The number of amides is 1. The van der Waals surface area contributed by atoms with Gasteiger partial charge < -0.3 is 4.90 Å². The van der Waals surface area contributed by atoms with Gasteiger partial charge in [0.05, 0.1) is 27.5 Å². The first-order valence-corrected chi connectivity index (χ1v) is 9.23. The lowest BCUT2D eigenvalue weighted by Gasteiger charge is -2.23. The molecule has 1 saturated heterocycles. The van der Waals surface area contributed by atoms with Crippen LogP contribution in [0.25, 0.3) is 10.2 Å². The monoisotopic (exact) mass is 360 g/mol. The summed E-state index contributed by atoms with van der Waals surface area (Å²) >= 11 is 7.55. The van der Waals surface area contributed by atoms with Crippen molar-refractivity contribution in [1.82, 2.24) is 19.7 Å². The maximum Gasteiger partial charge on any atom is 0.225 e. The molecule has 1 aromatic carbocycles. The van der Waals surface area contributed by atoms with Gasteiger partial charge in [-0.05, 0) is 25.0 Å². The van der Waals surface area contributed by atoms with E-state index in [1.807, 2.05) is 23.1 Å². The van der Waals surface area contributed by atoms with Crippen LogP contribution in [-0.4, -0.2) is 32.1 Å². The third-order valence-electron chi connectivity index (χ3n) is 4.33. The molecule has 2 aromatic heterocycles. The summed E-state index contributed by atoms with van der Waals surface area (Å²) in [7, 11) is 0. The first-order valence-electron chi connectivity index (χ1n) is 8.03. The molecule has 0 unspecified atom stereocenters. The van der Waals surface area contributed by atoms with Gasteiger partial charge in [-0.1, -0.05) is 23.7 Å². The summed E-state index contributed by atoms with van der Waals surface area (Å²) in [5.41, 5.74) is 1.02. The van der Waals surface area contributed by atoms with E-state index in [0.717, 1.165) is 29.9 Å². The number of aryl methyl sites for hydroxylation is 1. The van der Waals surface area contributed by atoms with Crippen LogP contribution in [-0.2, 0) is 11.3 Å². The highest BCUT2D eigenvalue weighted by Crippen LogP contribution is 2.36. The quantitative estimate of drug-likeness (QED) is 0.709. The number of fused-ring (bicyclic) bond motifs is 1. The second-order valence-corrected chi connectivity index (χ2v) is 7.44. The van der Waals surface area contributed by atoms with Gasteiger partial charge in [-0.3, -0.25) is 9.48 Å². The Balaban J connectivity index is 1.48. The average Bonchev–Trinajstić information content (AvgIpc) is 3.30. The molecule has 24 heavy (non-hydrogen) atoms. The number of para-hydroxylation sites is 1. The maximum absolute atomic E-state index is 12.7. The Morgan fingerprint density at radius 2 is 2.25 bits per heavy atom. The second-order valence-electron chi connectivity index (χ2n) is 5.94. The lowest BCUT2D eigenvalue weighted by molar-refractivity contribution is -0.132. The minimum absolute atomic E-state index is 0.108. The number of likely N-dealkylation sites (tertiary alicyclic amines) is 1. The predicted octanol–water partition coefficient (Wildman–Crippen LogP) is 3.90. The van der Waals surface area contributed by atoms with Crippen molar-refractivity contribution in [1.29, 1.82) is 0 Å². The van der Waals surface area contributed by atoms with E-state index in [-0.39, 0.29) is 11.9 Å². The zero-order valence-electron chi connectivity index (χ0n) is 13.1. The van der Waals surface area contributed by atoms with Gasteiger partial charge in [0, 0.05) is 25.7 Å². The molecule has 5 nitrogen and oxygen atoms in total. The molecule has 0 spiro atoms. The molecular formula is C17H17ClN4OS. The molecule has 1 atom stereocenters. The molecule has 7 heteroatoms. The second kappa shape index (κ2) is 6.53. The van der Waals surface area contributed by atoms with Crippen LogP contribution in [0.3, 0.4) is 0 Å². The number of carbonyl (C=O) groups is 1. The molecule has 1 aliphatic heterocycles. The highest BCUT2D eigenvalue weighted by molar-refractivity contribution is 7.18. The minimum Gasteiger partial charge on any atom is -0.333 e. The summed E-state index contributed by atoms with van der Waals surface area (Å²) < 4.78 is 2.89. The Hall–Kier alpha value is -1.92. The third-order valence-corrected chi connectivity index (χ3v) is 5.66. The van der Waals surface area contributed by atoms with Gasteiger partial charge in [-0.25, -0.2) is 4.98 Å². The van der Waals surface area contributed by atoms with E-state index in [9.17, 15) is 4.79 Å². The molecule has 1 amide bonds. The van der Waals surface area contributed by atoms with Crippen LogP contribution in [0.5, 0.6) is 0 Å². The standard InChI is InChI=1S/C17H17ClN4OS/c18-12-10-19-21(11-12)9-7-16(23)22-8-3-5-14(22)17-20-13-4-1-2-6-15(13)24-17/h1-2,4,6,10-11,14H,3,5,7-9H2/t14-/m0/s1. The molecule has 0 N–H and O–H groups in total. The maximum atomic E-state index is 12.7. The van der Waals surface area contributed by atoms with Gasteiger partial charge in [-0.2, -0.15) is 5.10 Å². The molecule has 0 bridgehead atoms. The van der Waals surface area contributed by atoms with E-state index in [0.29, 0.717) is 18.0 Å². The van der Waals surface area contributed by atoms with Crippen molar-refractivity contribution < 1.29 is 4.79 Å². The number of nitrogens with zero attached hydrogens (tertiary/aromatic N) is 4. The van der Waals surface area contributed by atoms with Crippen LogP contribution in [0.4, 0.5) is 0 Å². The van der Waals surface area contributed by atoms with Gasteiger partial charge in [0.1, 0.15) is 5.01 Å². The van der Waals surface area contributed by atoms with Crippen LogP contribution in [0.2, 0.25) is 5.02 Å². The van der Waals surface area contributed by atoms with Crippen LogP contribution in [0, 0.1) is 0 Å². The number of carbonyl (C=O) groups excluding carboxylic acids is 1. The molecule has 1 fully saturated rings. The van der Waals surface area contributed by atoms with Crippen molar-refractivity contribution in [3.8, 4) is 0 Å². The Morgan fingerprint density at radius 1 is 1.38 bits per heavy atom. The molecule has 3 heterocycles. The smallest absolute Gasteiger partial charge is 0.225 e. The summed E-state index contributed by atoms with van der Waals surface area (Å²) in [6.07, 6.45) is 5.77. The third kappa shape index (κ3) is 3.03.